The van der Waals surface area contributed by atoms with Gasteiger partial charge >= 0.3 is 5.97 Å². The molecule has 0 radical (unpaired) electrons. The summed E-state index contributed by atoms with van der Waals surface area (Å²) in [5.41, 5.74) is 5.48. The van der Waals surface area contributed by atoms with E-state index >= 15 is 0 Å². The van der Waals surface area contributed by atoms with Crippen molar-refractivity contribution in [3.05, 3.63) is 69.5 Å². The van der Waals surface area contributed by atoms with Crippen LogP contribution >= 0.6 is 0 Å². The van der Waals surface area contributed by atoms with Crippen LogP contribution in [0.4, 0.5) is 0 Å². The number of nitrogens with one attached hydrogen (secondary N) is 1. The first kappa shape index (κ1) is 20.4. The number of carbonyl (C=O) groups excluding carboxylic acids is 1. The zero-order valence-electron chi connectivity index (χ0n) is 18.4. The number of benzene rings is 2. The van der Waals surface area contributed by atoms with E-state index < -0.39 is 0 Å². The first-order valence-electron chi connectivity index (χ1n) is 10.6. The molecule has 30 heavy (non-hydrogen) atoms. The maximum absolute atomic E-state index is 13.4. The molecule has 0 aliphatic heterocycles. The fourth-order valence-electron chi connectivity index (χ4n) is 4.50. The van der Waals surface area contributed by atoms with E-state index in [-0.39, 0.29) is 22.2 Å². The molecule has 0 saturated heterocycles. The summed E-state index contributed by atoms with van der Waals surface area (Å²) in [6.45, 7) is 11.2. The smallest absolute Gasteiger partial charge is 0.338 e. The number of aromatic amines is 1. The molecule has 0 fully saturated rings. The van der Waals surface area contributed by atoms with Crippen molar-refractivity contribution in [2.45, 2.75) is 58.3 Å². The van der Waals surface area contributed by atoms with Gasteiger partial charge in [-0.2, -0.15) is 0 Å². The third-order valence-electron chi connectivity index (χ3n) is 6.56. The van der Waals surface area contributed by atoms with Crippen molar-refractivity contribution < 1.29 is 9.53 Å². The Bertz CT molecular complexity index is 1180. The summed E-state index contributed by atoms with van der Waals surface area (Å²) in [5.74, 6) is -0.354. The monoisotopic (exact) mass is 403 g/mol. The molecule has 0 spiro atoms. The summed E-state index contributed by atoms with van der Waals surface area (Å²) < 4.78 is 5.04. The molecular weight excluding hydrogens is 374 g/mol. The van der Waals surface area contributed by atoms with Crippen molar-refractivity contribution in [2.75, 3.05) is 6.61 Å². The highest BCUT2D eigenvalue weighted by Crippen LogP contribution is 2.46. The van der Waals surface area contributed by atoms with Crippen molar-refractivity contribution in [1.82, 2.24) is 4.98 Å². The number of aromatic nitrogens is 1. The lowest BCUT2D eigenvalue weighted by Crippen LogP contribution is -2.34. The average Bonchev–Trinajstić information content (AvgIpc) is 2.71. The number of fused-ring (bicyclic) bond motifs is 2. The quantitative estimate of drug-likeness (QED) is 0.569. The van der Waals surface area contributed by atoms with Gasteiger partial charge in [-0.05, 0) is 71.6 Å². The molecule has 4 rings (SSSR count). The standard InChI is InChI=1S/C26H29NO3/c1-6-30-24(29)17-9-7-16(8-10-17)19-15-27-22-14-21-20(13-18(22)23(19)28)25(2,3)11-12-26(21,4)5/h7-10,13-15H,6,11-12H2,1-5H3,(H,27,28). The number of pyridine rings is 1. The normalized spacial score (nSPS) is 16.8. The molecule has 3 aromatic rings. The predicted molar refractivity (Wildman–Crippen MR) is 121 cm³/mol. The van der Waals surface area contributed by atoms with Crippen LogP contribution in [0.3, 0.4) is 0 Å². The Hall–Kier alpha value is -2.88. The maximum Gasteiger partial charge on any atom is 0.338 e. The second-order valence-corrected chi connectivity index (χ2v) is 9.54. The van der Waals surface area contributed by atoms with Gasteiger partial charge in [-0.1, -0.05) is 39.8 Å². The van der Waals surface area contributed by atoms with Crippen LogP contribution in [0, 0.1) is 0 Å². The van der Waals surface area contributed by atoms with Gasteiger partial charge in [0.25, 0.3) is 0 Å². The van der Waals surface area contributed by atoms with Gasteiger partial charge in [0.1, 0.15) is 0 Å². The second kappa shape index (κ2) is 7.12. The first-order valence-corrected chi connectivity index (χ1v) is 10.6. The van der Waals surface area contributed by atoms with Crippen molar-refractivity contribution >= 4 is 16.9 Å². The Morgan fingerprint density at radius 2 is 1.60 bits per heavy atom. The van der Waals surface area contributed by atoms with Gasteiger partial charge in [-0.25, -0.2) is 4.79 Å². The summed E-state index contributed by atoms with van der Waals surface area (Å²) in [5, 5.41) is 0.714. The molecule has 156 valence electrons. The summed E-state index contributed by atoms with van der Waals surface area (Å²) in [6.07, 6.45) is 4.01. The first-order chi connectivity index (χ1) is 14.1. The van der Waals surface area contributed by atoms with Crippen molar-refractivity contribution in [2.24, 2.45) is 0 Å². The number of ether oxygens (including phenoxy) is 1. The van der Waals surface area contributed by atoms with E-state index in [2.05, 4.69) is 44.8 Å². The van der Waals surface area contributed by atoms with Crippen LogP contribution in [-0.4, -0.2) is 17.6 Å². The Labute approximate surface area is 177 Å². The minimum atomic E-state index is -0.354. The van der Waals surface area contributed by atoms with E-state index in [1.807, 2.05) is 0 Å². The van der Waals surface area contributed by atoms with Crippen LogP contribution in [0.25, 0.3) is 22.0 Å². The molecular formula is C26H29NO3. The molecule has 1 heterocycles. The summed E-state index contributed by atoms with van der Waals surface area (Å²) in [7, 11) is 0. The number of carbonyl (C=O) groups is 1. The Morgan fingerprint density at radius 1 is 1.00 bits per heavy atom. The molecule has 1 N–H and O–H groups in total. The van der Waals surface area contributed by atoms with Crippen LogP contribution < -0.4 is 5.43 Å². The van der Waals surface area contributed by atoms with Gasteiger partial charge in [0, 0.05) is 22.7 Å². The zero-order chi connectivity index (χ0) is 21.7. The molecule has 0 atom stereocenters. The molecule has 1 aliphatic rings. The molecule has 0 unspecified atom stereocenters. The van der Waals surface area contributed by atoms with Crippen LogP contribution in [0.1, 0.15) is 68.9 Å². The lowest BCUT2D eigenvalue weighted by Gasteiger charge is -2.42. The molecule has 0 saturated carbocycles. The van der Waals surface area contributed by atoms with Crippen LogP contribution in [0.15, 0.2) is 47.4 Å². The summed E-state index contributed by atoms with van der Waals surface area (Å²) >= 11 is 0. The van der Waals surface area contributed by atoms with Crippen LogP contribution in [-0.2, 0) is 15.6 Å². The summed E-state index contributed by atoms with van der Waals surface area (Å²) in [4.78, 5) is 28.6. The van der Waals surface area contributed by atoms with Gasteiger partial charge in [-0.15, -0.1) is 0 Å². The minimum Gasteiger partial charge on any atom is -0.462 e. The molecule has 4 nitrogen and oxygen atoms in total. The Balaban J connectivity index is 1.84. The highest BCUT2D eigenvalue weighted by molar-refractivity contribution is 5.90. The van der Waals surface area contributed by atoms with E-state index in [1.54, 1.807) is 37.4 Å². The Kier molecular flexibility index (Phi) is 4.84. The van der Waals surface area contributed by atoms with E-state index in [0.717, 1.165) is 23.9 Å². The SMILES string of the molecule is CCOC(=O)c1ccc(-c2c[nH]c3cc4c(cc3c2=O)C(C)(C)CCC4(C)C)cc1. The lowest BCUT2D eigenvalue weighted by atomic mass is 9.63. The number of rotatable bonds is 3. The van der Waals surface area contributed by atoms with E-state index in [4.69, 9.17) is 4.74 Å². The number of esters is 1. The van der Waals surface area contributed by atoms with Gasteiger partial charge < -0.3 is 9.72 Å². The number of hydrogen-bond acceptors (Lipinski definition) is 3. The fraction of sp³-hybridized carbons (Fsp3) is 0.385. The molecule has 4 heteroatoms. The van der Waals surface area contributed by atoms with Crippen molar-refractivity contribution in [3.8, 4) is 11.1 Å². The van der Waals surface area contributed by atoms with Crippen molar-refractivity contribution in [1.29, 1.82) is 0 Å². The maximum atomic E-state index is 13.4. The van der Waals surface area contributed by atoms with E-state index in [0.29, 0.717) is 23.1 Å². The second-order valence-electron chi connectivity index (χ2n) is 9.54. The zero-order valence-corrected chi connectivity index (χ0v) is 18.4. The molecule has 2 aromatic carbocycles. The molecule has 0 bridgehead atoms. The lowest BCUT2D eigenvalue weighted by molar-refractivity contribution is 0.0526. The molecule has 0 amide bonds. The Morgan fingerprint density at radius 3 is 2.20 bits per heavy atom. The topological polar surface area (TPSA) is 59.2 Å². The highest BCUT2D eigenvalue weighted by Gasteiger charge is 2.37. The van der Waals surface area contributed by atoms with Crippen molar-refractivity contribution in [3.63, 3.8) is 0 Å². The number of H-pyrrole nitrogens is 1. The summed E-state index contributed by atoms with van der Waals surface area (Å²) in [6, 6.07) is 11.3. The molecule has 1 aliphatic carbocycles. The average molecular weight is 404 g/mol. The van der Waals surface area contributed by atoms with Crippen LogP contribution in [0.2, 0.25) is 0 Å². The van der Waals surface area contributed by atoms with Gasteiger partial charge in [-0.3, -0.25) is 4.79 Å². The third-order valence-corrected chi connectivity index (χ3v) is 6.56. The minimum absolute atomic E-state index is 0.00890. The molecule has 1 aromatic heterocycles. The van der Waals surface area contributed by atoms with Crippen LogP contribution in [0.5, 0.6) is 0 Å². The third kappa shape index (κ3) is 3.34. The highest BCUT2D eigenvalue weighted by atomic mass is 16.5. The van der Waals surface area contributed by atoms with Gasteiger partial charge in [0.2, 0.25) is 0 Å². The number of hydrogen-bond donors (Lipinski definition) is 1. The van der Waals surface area contributed by atoms with E-state index in [9.17, 15) is 9.59 Å². The predicted octanol–water partition coefficient (Wildman–Crippen LogP) is 5.72. The fourth-order valence-corrected chi connectivity index (χ4v) is 4.50. The largest absolute Gasteiger partial charge is 0.462 e. The van der Waals surface area contributed by atoms with Gasteiger partial charge in [0.15, 0.2) is 5.43 Å². The van der Waals surface area contributed by atoms with Gasteiger partial charge in [0.05, 0.1) is 12.2 Å². The van der Waals surface area contributed by atoms with E-state index in [1.165, 1.54) is 11.1 Å².